The number of H-pyrrole nitrogens is 1. The molecule has 3 aromatic rings. The van der Waals surface area contributed by atoms with E-state index in [0.29, 0.717) is 40.0 Å². The maximum absolute atomic E-state index is 12.9. The van der Waals surface area contributed by atoms with Crippen LogP contribution in [0.5, 0.6) is 5.75 Å². The Morgan fingerprint density at radius 3 is 2.71 bits per heavy atom. The van der Waals surface area contributed by atoms with E-state index in [1.54, 1.807) is 23.1 Å². The highest BCUT2D eigenvalue weighted by atomic mass is 35.5. The molecule has 0 atom stereocenters. The molecule has 3 rings (SSSR count). The zero-order valence-electron chi connectivity index (χ0n) is 18.4. The molecular weight excluding hydrogens is 414 g/mol. The number of aromatic nitrogens is 2. The largest absolute Gasteiger partial charge is 0.483 e. The minimum Gasteiger partial charge on any atom is -0.483 e. The number of aromatic amines is 1. The summed E-state index contributed by atoms with van der Waals surface area (Å²) in [6, 6.07) is 11.0. The number of hydrogen-bond donors (Lipinski definition) is 1. The van der Waals surface area contributed by atoms with Crippen LogP contribution in [0, 0.1) is 6.92 Å². The van der Waals surface area contributed by atoms with Gasteiger partial charge in [-0.25, -0.2) is 4.98 Å². The van der Waals surface area contributed by atoms with Crippen LogP contribution in [-0.4, -0.2) is 33.9 Å². The Morgan fingerprint density at radius 2 is 2.00 bits per heavy atom. The number of benzene rings is 2. The molecule has 0 aliphatic rings. The van der Waals surface area contributed by atoms with Gasteiger partial charge in [0.2, 0.25) is 0 Å². The van der Waals surface area contributed by atoms with E-state index in [1.165, 1.54) is 0 Å². The Balaban J connectivity index is 1.76. The van der Waals surface area contributed by atoms with Crippen molar-refractivity contribution in [2.45, 2.75) is 46.6 Å². The average Bonchev–Trinajstić information content (AvgIpc) is 2.72. The molecule has 0 radical (unpaired) electrons. The first kappa shape index (κ1) is 22.8. The van der Waals surface area contributed by atoms with Crippen LogP contribution in [0.2, 0.25) is 5.02 Å². The van der Waals surface area contributed by atoms with Crippen molar-refractivity contribution >= 4 is 28.4 Å². The summed E-state index contributed by atoms with van der Waals surface area (Å²) in [5.74, 6) is 1.34. The van der Waals surface area contributed by atoms with Gasteiger partial charge in [0.25, 0.3) is 11.5 Å². The number of nitrogens with zero attached hydrogens (tertiary/aromatic N) is 2. The first-order valence-corrected chi connectivity index (χ1v) is 10.9. The highest BCUT2D eigenvalue weighted by Crippen LogP contribution is 2.24. The van der Waals surface area contributed by atoms with Crippen LogP contribution in [-0.2, 0) is 11.3 Å². The Hall–Kier alpha value is -2.86. The van der Waals surface area contributed by atoms with Crippen LogP contribution >= 0.6 is 11.6 Å². The van der Waals surface area contributed by atoms with Crippen molar-refractivity contribution in [2.75, 3.05) is 13.2 Å². The van der Waals surface area contributed by atoms with Gasteiger partial charge in [-0.05, 0) is 54.7 Å². The molecule has 0 saturated heterocycles. The number of amides is 1. The highest BCUT2D eigenvalue weighted by Gasteiger charge is 2.17. The van der Waals surface area contributed by atoms with Gasteiger partial charge in [0.1, 0.15) is 11.6 Å². The summed E-state index contributed by atoms with van der Waals surface area (Å²) in [5, 5.41) is 0.968. The number of aryl methyl sites for hydroxylation is 1. The van der Waals surface area contributed by atoms with Crippen molar-refractivity contribution in [3.8, 4) is 5.75 Å². The minimum atomic E-state index is -0.252. The Morgan fingerprint density at radius 1 is 1.23 bits per heavy atom. The number of carbonyl (C=O) groups is 1. The van der Waals surface area contributed by atoms with E-state index >= 15 is 0 Å². The molecule has 6 nitrogen and oxygen atoms in total. The Bertz CT molecular complexity index is 1140. The summed E-state index contributed by atoms with van der Waals surface area (Å²) < 4.78 is 5.86. The van der Waals surface area contributed by atoms with Gasteiger partial charge in [-0.3, -0.25) is 9.59 Å². The lowest BCUT2D eigenvalue weighted by atomic mass is 10.0. The fraction of sp³-hybridized carbons (Fsp3) is 0.375. The third kappa shape index (κ3) is 5.64. The van der Waals surface area contributed by atoms with Gasteiger partial charge < -0.3 is 14.6 Å². The Labute approximate surface area is 187 Å². The number of ether oxygens (including phenoxy) is 1. The van der Waals surface area contributed by atoms with E-state index in [2.05, 4.69) is 29.9 Å². The van der Waals surface area contributed by atoms with Crippen LogP contribution in [0.4, 0.5) is 0 Å². The fourth-order valence-electron chi connectivity index (χ4n) is 3.34. The van der Waals surface area contributed by atoms with E-state index in [4.69, 9.17) is 16.3 Å². The molecule has 0 aliphatic carbocycles. The van der Waals surface area contributed by atoms with Gasteiger partial charge in [0.05, 0.1) is 17.4 Å². The standard InChI is InChI=1S/C24H28ClN3O3/c1-5-10-28(13-22-26-20-12-18(25)8-9-19(20)24(30)27-22)23(29)14-31-21-11-17(15(2)3)7-6-16(21)4/h6-9,11-12,15H,5,10,13-14H2,1-4H3,(H,26,27,30). The third-order valence-electron chi connectivity index (χ3n) is 5.13. The van der Waals surface area contributed by atoms with Crippen LogP contribution in [0.3, 0.4) is 0 Å². The summed E-state index contributed by atoms with van der Waals surface area (Å²) in [4.78, 5) is 34.2. The minimum absolute atomic E-state index is 0.0774. The van der Waals surface area contributed by atoms with E-state index < -0.39 is 0 Å². The van der Waals surface area contributed by atoms with Gasteiger partial charge in [-0.2, -0.15) is 0 Å². The van der Waals surface area contributed by atoms with Crippen LogP contribution < -0.4 is 10.3 Å². The summed E-state index contributed by atoms with van der Waals surface area (Å²) >= 11 is 6.04. The van der Waals surface area contributed by atoms with Gasteiger partial charge in [-0.1, -0.05) is 44.5 Å². The van der Waals surface area contributed by atoms with Crippen LogP contribution in [0.25, 0.3) is 10.9 Å². The molecule has 164 valence electrons. The summed E-state index contributed by atoms with van der Waals surface area (Å²) in [6.45, 7) is 8.84. The molecule has 1 heterocycles. The molecule has 0 fully saturated rings. The molecule has 0 spiro atoms. The molecule has 1 aromatic heterocycles. The lowest BCUT2D eigenvalue weighted by Crippen LogP contribution is -2.36. The topological polar surface area (TPSA) is 75.3 Å². The number of halogens is 1. The first-order valence-electron chi connectivity index (χ1n) is 10.5. The molecule has 1 N–H and O–H groups in total. The quantitative estimate of drug-likeness (QED) is 0.543. The maximum Gasteiger partial charge on any atom is 0.260 e. The van der Waals surface area contributed by atoms with Crippen molar-refractivity contribution in [1.29, 1.82) is 0 Å². The number of rotatable bonds is 8. The maximum atomic E-state index is 12.9. The molecule has 0 unspecified atom stereocenters. The van der Waals surface area contributed by atoms with Crippen molar-refractivity contribution in [2.24, 2.45) is 0 Å². The molecule has 31 heavy (non-hydrogen) atoms. The van der Waals surface area contributed by atoms with Gasteiger partial charge in [-0.15, -0.1) is 0 Å². The normalized spacial score (nSPS) is 11.2. The van der Waals surface area contributed by atoms with Gasteiger partial charge in [0, 0.05) is 11.6 Å². The number of carbonyl (C=O) groups excluding carboxylic acids is 1. The van der Waals surface area contributed by atoms with Gasteiger partial charge in [0.15, 0.2) is 6.61 Å². The predicted molar refractivity (Wildman–Crippen MR) is 124 cm³/mol. The zero-order valence-corrected chi connectivity index (χ0v) is 19.1. The summed E-state index contributed by atoms with van der Waals surface area (Å²) in [6.07, 6.45) is 0.775. The van der Waals surface area contributed by atoms with E-state index in [9.17, 15) is 9.59 Å². The molecule has 7 heteroatoms. The number of nitrogens with one attached hydrogen (secondary N) is 1. The monoisotopic (exact) mass is 441 g/mol. The van der Waals surface area contributed by atoms with Gasteiger partial charge >= 0.3 is 0 Å². The molecule has 1 amide bonds. The van der Waals surface area contributed by atoms with Crippen LogP contribution in [0.15, 0.2) is 41.2 Å². The smallest absolute Gasteiger partial charge is 0.260 e. The summed E-state index contributed by atoms with van der Waals surface area (Å²) in [5.41, 5.74) is 2.40. The third-order valence-corrected chi connectivity index (χ3v) is 5.37. The number of fused-ring (bicyclic) bond motifs is 1. The van der Waals surface area contributed by atoms with E-state index in [-0.39, 0.29) is 24.6 Å². The molecule has 0 saturated carbocycles. The second kappa shape index (κ2) is 9.96. The molecule has 0 bridgehead atoms. The Kier molecular flexibility index (Phi) is 7.33. The molecule has 0 aliphatic heterocycles. The molecular formula is C24H28ClN3O3. The average molecular weight is 442 g/mol. The number of hydrogen-bond acceptors (Lipinski definition) is 4. The lowest BCUT2D eigenvalue weighted by Gasteiger charge is -2.22. The second-order valence-electron chi connectivity index (χ2n) is 7.96. The van der Waals surface area contributed by atoms with Crippen LogP contribution in [0.1, 0.15) is 50.1 Å². The van der Waals surface area contributed by atoms with Crippen molar-refractivity contribution in [3.05, 3.63) is 68.7 Å². The van der Waals surface area contributed by atoms with Crippen molar-refractivity contribution in [3.63, 3.8) is 0 Å². The predicted octanol–water partition coefficient (Wildman–Crippen LogP) is 4.83. The van der Waals surface area contributed by atoms with E-state index in [0.717, 1.165) is 17.5 Å². The van der Waals surface area contributed by atoms with E-state index in [1.807, 2.05) is 26.0 Å². The second-order valence-corrected chi connectivity index (χ2v) is 8.39. The summed E-state index contributed by atoms with van der Waals surface area (Å²) in [7, 11) is 0. The van der Waals surface area contributed by atoms with Crippen molar-refractivity contribution in [1.82, 2.24) is 14.9 Å². The molecule has 2 aromatic carbocycles. The SMILES string of the molecule is CCCN(Cc1nc2cc(Cl)ccc2c(=O)[nH]1)C(=O)COc1cc(C(C)C)ccc1C. The fourth-order valence-corrected chi connectivity index (χ4v) is 3.51. The first-order chi connectivity index (χ1) is 14.8. The van der Waals surface area contributed by atoms with Crippen molar-refractivity contribution < 1.29 is 9.53 Å². The zero-order chi connectivity index (χ0) is 22.5. The lowest BCUT2D eigenvalue weighted by molar-refractivity contribution is -0.134. The highest BCUT2D eigenvalue weighted by molar-refractivity contribution is 6.31.